The maximum Gasteiger partial charge on any atom is 0.257 e. The monoisotopic (exact) mass is 458 g/mol. The van der Waals surface area contributed by atoms with Crippen LogP contribution in [-0.2, 0) is 0 Å². The molecule has 1 aromatic heterocycles. The Kier molecular flexibility index (Phi) is 8.18. The lowest BCUT2D eigenvalue weighted by Crippen LogP contribution is -2.44. The second kappa shape index (κ2) is 10.4. The van der Waals surface area contributed by atoms with Gasteiger partial charge in [-0.3, -0.25) is 19.4 Å². The largest absolute Gasteiger partial charge is 0.505 e. The van der Waals surface area contributed by atoms with Gasteiger partial charge in [0.1, 0.15) is 17.1 Å². The Hall–Kier alpha value is -3.17. The smallest absolute Gasteiger partial charge is 0.257 e. The summed E-state index contributed by atoms with van der Waals surface area (Å²) in [5.41, 5.74) is -1.28. The number of benzene rings is 1. The number of nitrogens with two attached hydrogens (primary N) is 1. The average molecular weight is 459 g/mol. The molecule has 4 N–H and O–H groups in total. The van der Waals surface area contributed by atoms with E-state index in [1.807, 2.05) is 45.2 Å². The minimum absolute atomic E-state index is 0.0415. The summed E-state index contributed by atoms with van der Waals surface area (Å²) in [5, 5.41) is 16.7. The number of carbonyl (C=O) groups excluding carboxylic acids is 1. The molecule has 0 radical (unpaired) electrons. The number of para-hydroxylation sites is 1. The molecule has 1 atom stereocenters. The van der Waals surface area contributed by atoms with E-state index in [4.69, 9.17) is 5.84 Å². The molecule has 0 aliphatic rings. The van der Waals surface area contributed by atoms with E-state index in [2.05, 4.69) is 5.32 Å². The predicted molar refractivity (Wildman–Crippen MR) is 131 cm³/mol. The normalized spacial score (nSPS) is 11.6. The van der Waals surface area contributed by atoms with Gasteiger partial charge in [0, 0.05) is 19.0 Å². The Bertz CT molecular complexity index is 1130. The van der Waals surface area contributed by atoms with Crippen molar-refractivity contribution in [2.75, 3.05) is 24.4 Å². The minimum Gasteiger partial charge on any atom is -0.505 e. The number of hydrogen-bond donors (Lipinski definition) is 3. The summed E-state index contributed by atoms with van der Waals surface area (Å²) >= 11 is 1.55. The lowest BCUT2D eigenvalue weighted by molar-refractivity contribution is 0.0824. The first-order valence-corrected chi connectivity index (χ1v) is 11.2. The van der Waals surface area contributed by atoms with E-state index >= 15 is 0 Å². The summed E-state index contributed by atoms with van der Waals surface area (Å²) in [6, 6.07) is 8.17. The molecular weight excluding hydrogens is 428 g/mol. The van der Waals surface area contributed by atoms with Gasteiger partial charge >= 0.3 is 0 Å². The first-order valence-electron chi connectivity index (χ1n) is 10.4. The second-order valence-corrected chi connectivity index (χ2v) is 8.49. The average Bonchev–Trinajstić information content (AvgIpc) is 3.30. The van der Waals surface area contributed by atoms with Crippen LogP contribution in [0.4, 0.5) is 17.1 Å². The fourth-order valence-corrected chi connectivity index (χ4v) is 4.14. The van der Waals surface area contributed by atoms with E-state index in [9.17, 15) is 19.5 Å². The summed E-state index contributed by atoms with van der Waals surface area (Å²) in [6.45, 7) is 8.01. The van der Waals surface area contributed by atoms with Crippen molar-refractivity contribution in [2.24, 2.45) is 11.8 Å². The molecule has 0 spiro atoms. The third-order valence-electron chi connectivity index (χ3n) is 4.85. The lowest BCUT2D eigenvalue weighted by Gasteiger charge is -2.28. The molecule has 1 amide bonds. The highest BCUT2D eigenvalue weighted by atomic mass is 32.1. The Balaban J connectivity index is 0.00000176. The molecule has 8 nitrogen and oxygen atoms in total. The van der Waals surface area contributed by atoms with Crippen molar-refractivity contribution in [3.8, 4) is 5.75 Å². The SMILES string of the molecule is CC.CC(C)C(Nc1c(N(N)c2cccc(C(=O)N(C)C)c2O)c(=O)c1=O)c1cccs1. The quantitative estimate of drug-likeness (QED) is 0.281. The lowest BCUT2D eigenvalue weighted by atomic mass is 10.0. The predicted octanol–water partition coefficient (Wildman–Crippen LogP) is 3.60. The van der Waals surface area contributed by atoms with Crippen LogP contribution in [0, 0.1) is 5.92 Å². The number of phenolic OH excluding ortho intramolecular Hbond substituents is 1. The van der Waals surface area contributed by atoms with E-state index in [0.29, 0.717) is 0 Å². The van der Waals surface area contributed by atoms with E-state index < -0.39 is 16.8 Å². The highest BCUT2D eigenvalue weighted by Gasteiger charge is 2.30. The van der Waals surface area contributed by atoms with Gasteiger partial charge in [-0.1, -0.05) is 39.8 Å². The number of nitrogens with zero attached hydrogens (tertiary/aromatic N) is 2. The van der Waals surface area contributed by atoms with Crippen LogP contribution in [0.5, 0.6) is 5.75 Å². The van der Waals surface area contributed by atoms with Crippen LogP contribution < -0.4 is 27.0 Å². The first-order chi connectivity index (χ1) is 15.1. The molecule has 0 fully saturated rings. The van der Waals surface area contributed by atoms with Crippen LogP contribution in [-0.4, -0.2) is 30.0 Å². The van der Waals surface area contributed by atoms with Crippen LogP contribution in [0.15, 0.2) is 45.3 Å². The maximum atomic E-state index is 12.3. The van der Waals surface area contributed by atoms with Crippen LogP contribution in [0.3, 0.4) is 0 Å². The number of phenols is 1. The molecule has 0 aliphatic carbocycles. The highest BCUT2D eigenvalue weighted by Crippen LogP contribution is 2.37. The van der Waals surface area contributed by atoms with Gasteiger partial charge < -0.3 is 15.3 Å². The number of rotatable bonds is 7. The molecule has 1 unspecified atom stereocenters. The molecule has 2 aromatic carbocycles. The summed E-state index contributed by atoms with van der Waals surface area (Å²) in [4.78, 5) is 39.3. The van der Waals surface area contributed by atoms with Crippen molar-refractivity contribution in [1.29, 1.82) is 0 Å². The molecule has 9 heteroatoms. The van der Waals surface area contributed by atoms with Gasteiger partial charge in [-0.15, -0.1) is 11.3 Å². The van der Waals surface area contributed by atoms with E-state index in [-0.39, 0.29) is 40.3 Å². The fraction of sp³-hybridized carbons (Fsp3) is 0.348. The molecule has 0 saturated heterocycles. The van der Waals surface area contributed by atoms with Crippen LogP contribution in [0.2, 0.25) is 0 Å². The molecule has 3 aromatic rings. The topological polar surface area (TPSA) is 116 Å². The third kappa shape index (κ3) is 4.68. The number of hydrogen-bond acceptors (Lipinski definition) is 8. The number of hydrazine groups is 1. The zero-order valence-corrected chi connectivity index (χ0v) is 20.0. The first kappa shape index (κ1) is 25.1. The summed E-state index contributed by atoms with van der Waals surface area (Å²) in [5.74, 6) is 5.50. The van der Waals surface area contributed by atoms with Crippen LogP contribution >= 0.6 is 11.3 Å². The number of amides is 1. The van der Waals surface area contributed by atoms with Crippen molar-refractivity contribution in [2.45, 2.75) is 33.7 Å². The fourth-order valence-electron chi connectivity index (χ4n) is 3.19. The molecule has 172 valence electrons. The standard InChI is InChI=1S/C21H24N4O4S.C2H6/c1-11(2)15(14-9-6-10-30-14)23-16-17(20(28)19(16)27)25(22)13-8-5-7-12(18(13)26)21(29)24(3)4;1-2/h5-11,15,23,26H,22H2,1-4H3;1-2H3. The van der Waals surface area contributed by atoms with Gasteiger partial charge in [0.05, 0.1) is 11.6 Å². The number of thiophene rings is 1. The molecule has 1 heterocycles. The molecular formula is C23H30N4O4S. The number of carbonyl (C=O) groups is 1. The van der Waals surface area contributed by atoms with Gasteiger partial charge in [0.15, 0.2) is 5.75 Å². The van der Waals surface area contributed by atoms with Crippen molar-refractivity contribution >= 4 is 34.3 Å². The van der Waals surface area contributed by atoms with Crippen LogP contribution in [0.1, 0.15) is 49.0 Å². The highest BCUT2D eigenvalue weighted by molar-refractivity contribution is 7.10. The number of nitrogens with one attached hydrogen (secondary N) is 1. The molecule has 3 rings (SSSR count). The Morgan fingerprint density at radius 2 is 1.75 bits per heavy atom. The Labute approximate surface area is 191 Å². The summed E-state index contributed by atoms with van der Waals surface area (Å²) in [6.07, 6.45) is 0. The van der Waals surface area contributed by atoms with E-state index in [1.165, 1.54) is 17.0 Å². The van der Waals surface area contributed by atoms with Gasteiger partial charge in [-0.05, 0) is 29.5 Å². The van der Waals surface area contributed by atoms with E-state index in [0.717, 1.165) is 9.89 Å². The zero-order valence-electron chi connectivity index (χ0n) is 19.2. The number of anilines is 3. The van der Waals surface area contributed by atoms with Crippen LogP contribution in [0.25, 0.3) is 0 Å². The molecule has 32 heavy (non-hydrogen) atoms. The zero-order chi connectivity index (χ0) is 24.2. The van der Waals surface area contributed by atoms with Crippen molar-refractivity contribution in [3.05, 3.63) is 66.6 Å². The van der Waals surface area contributed by atoms with Gasteiger partial charge in [0.25, 0.3) is 16.8 Å². The van der Waals surface area contributed by atoms with Gasteiger partial charge in [0.2, 0.25) is 0 Å². The van der Waals surface area contributed by atoms with Gasteiger partial charge in [-0.2, -0.15) is 0 Å². The Morgan fingerprint density at radius 3 is 2.28 bits per heavy atom. The molecule has 0 saturated carbocycles. The van der Waals surface area contributed by atoms with E-state index in [1.54, 1.807) is 31.5 Å². The maximum absolute atomic E-state index is 12.3. The minimum atomic E-state index is -0.752. The number of aromatic hydroxyl groups is 1. The third-order valence-corrected chi connectivity index (χ3v) is 5.81. The van der Waals surface area contributed by atoms with Crippen molar-refractivity contribution in [1.82, 2.24) is 4.90 Å². The summed E-state index contributed by atoms with van der Waals surface area (Å²) < 4.78 is 0. The van der Waals surface area contributed by atoms with Crippen molar-refractivity contribution in [3.63, 3.8) is 0 Å². The van der Waals surface area contributed by atoms with Gasteiger partial charge in [-0.25, -0.2) is 5.84 Å². The molecule has 0 aliphatic heterocycles. The Morgan fingerprint density at radius 1 is 1.09 bits per heavy atom. The second-order valence-electron chi connectivity index (χ2n) is 7.51. The van der Waals surface area contributed by atoms with Crippen molar-refractivity contribution < 1.29 is 9.90 Å². The summed E-state index contributed by atoms with van der Waals surface area (Å²) in [7, 11) is 3.12. The molecule has 0 bridgehead atoms.